The molecule has 0 aliphatic rings. The lowest BCUT2D eigenvalue weighted by Crippen LogP contribution is -1.90. The number of aromatic nitrogens is 3. The van der Waals surface area contributed by atoms with Gasteiger partial charge in [-0.05, 0) is 18.1 Å². The highest BCUT2D eigenvalue weighted by Gasteiger charge is 2.10. The van der Waals surface area contributed by atoms with E-state index in [9.17, 15) is 0 Å². The molecule has 2 aromatic heterocycles. The summed E-state index contributed by atoms with van der Waals surface area (Å²) in [6.07, 6.45) is 3.66. The molecule has 0 fully saturated rings. The van der Waals surface area contributed by atoms with Crippen LogP contribution in [0, 0.1) is 0 Å². The number of hydrogen-bond donors (Lipinski definition) is 1. The van der Waals surface area contributed by atoms with Crippen LogP contribution in [0.2, 0.25) is 0 Å². The van der Waals surface area contributed by atoms with Gasteiger partial charge >= 0.3 is 0 Å². The van der Waals surface area contributed by atoms with Gasteiger partial charge in [0.25, 0.3) is 0 Å². The van der Waals surface area contributed by atoms with Gasteiger partial charge in [-0.15, -0.1) is 0 Å². The van der Waals surface area contributed by atoms with E-state index in [-0.39, 0.29) is 0 Å². The summed E-state index contributed by atoms with van der Waals surface area (Å²) in [5.41, 5.74) is 3.19. The number of pyridine rings is 1. The molecule has 0 radical (unpaired) electrons. The minimum absolute atomic E-state index is 0.464. The van der Waals surface area contributed by atoms with Gasteiger partial charge in [0.1, 0.15) is 0 Å². The summed E-state index contributed by atoms with van der Waals surface area (Å²) in [4.78, 5) is 4.29. The van der Waals surface area contributed by atoms with Gasteiger partial charge in [-0.25, -0.2) is 0 Å². The van der Waals surface area contributed by atoms with E-state index in [1.165, 1.54) is 5.56 Å². The first-order valence-corrected chi connectivity index (χ1v) is 4.73. The molecule has 0 aromatic carbocycles. The molecule has 2 rings (SSSR count). The molecular weight excluding hydrogens is 174 g/mol. The third-order valence-corrected chi connectivity index (χ3v) is 2.21. The van der Waals surface area contributed by atoms with E-state index >= 15 is 0 Å². The standard InChI is InChI=1S/C11H13N3/c1-8(2)9-7-13-14-11(9)10-5-3-4-6-12-10/h3-8H,1-2H3,(H,13,14). The van der Waals surface area contributed by atoms with Gasteiger partial charge in [-0.1, -0.05) is 19.9 Å². The summed E-state index contributed by atoms with van der Waals surface area (Å²) >= 11 is 0. The Labute approximate surface area is 83.2 Å². The molecule has 2 aromatic rings. The van der Waals surface area contributed by atoms with E-state index in [0.29, 0.717) is 5.92 Å². The van der Waals surface area contributed by atoms with Crippen molar-refractivity contribution in [2.75, 3.05) is 0 Å². The first-order valence-electron chi connectivity index (χ1n) is 4.73. The van der Waals surface area contributed by atoms with Crippen LogP contribution < -0.4 is 0 Å². The Hall–Kier alpha value is -1.64. The molecule has 1 N–H and O–H groups in total. The van der Waals surface area contributed by atoms with E-state index in [2.05, 4.69) is 29.0 Å². The molecule has 0 saturated carbocycles. The number of hydrogen-bond acceptors (Lipinski definition) is 2. The number of H-pyrrole nitrogens is 1. The lowest BCUT2D eigenvalue weighted by Gasteiger charge is -2.04. The molecule has 0 bridgehead atoms. The Morgan fingerprint density at radius 3 is 2.79 bits per heavy atom. The monoisotopic (exact) mass is 187 g/mol. The summed E-state index contributed by atoms with van der Waals surface area (Å²) in [6, 6.07) is 5.88. The summed E-state index contributed by atoms with van der Waals surface area (Å²) in [5, 5.41) is 7.05. The quantitative estimate of drug-likeness (QED) is 0.785. The van der Waals surface area contributed by atoms with E-state index < -0.39 is 0 Å². The topological polar surface area (TPSA) is 41.6 Å². The maximum Gasteiger partial charge on any atom is 0.0883 e. The van der Waals surface area contributed by atoms with Crippen LogP contribution in [0.15, 0.2) is 30.6 Å². The van der Waals surface area contributed by atoms with Gasteiger partial charge in [0.2, 0.25) is 0 Å². The van der Waals surface area contributed by atoms with Crippen LogP contribution in [0.3, 0.4) is 0 Å². The Balaban J connectivity index is 2.47. The molecule has 3 nitrogen and oxygen atoms in total. The fraction of sp³-hybridized carbons (Fsp3) is 0.273. The molecule has 72 valence electrons. The average Bonchev–Trinajstić information content (AvgIpc) is 2.67. The van der Waals surface area contributed by atoms with E-state index in [4.69, 9.17) is 0 Å². The van der Waals surface area contributed by atoms with Crippen LogP contribution in [-0.2, 0) is 0 Å². The van der Waals surface area contributed by atoms with Crippen molar-refractivity contribution in [2.45, 2.75) is 19.8 Å². The van der Waals surface area contributed by atoms with E-state index in [1.54, 1.807) is 6.20 Å². The van der Waals surface area contributed by atoms with Crippen molar-refractivity contribution in [1.29, 1.82) is 0 Å². The SMILES string of the molecule is CC(C)c1cn[nH]c1-c1ccccn1. The predicted molar refractivity (Wildman–Crippen MR) is 55.9 cm³/mol. The fourth-order valence-electron chi connectivity index (χ4n) is 1.45. The highest BCUT2D eigenvalue weighted by molar-refractivity contribution is 5.58. The van der Waals surface area contributed by atoms with Crippen LogP contribution in [0.25, 0.3) is 11.4 Å². The van der Waals surface area contributed by atoms with Crippen molar-refractivity contribution >= 4 is 0 Å². The first-order chi connectivity index (χ1) is 6.79. The second kappa shape index (κ2) is 3.62. The lowest BCUT2D eigenvalue weighted by atomic mass is 10.0. The van der Waals surface area contributed by atoms with Crippen LogP contribution in [-0.4, -0.2) is 15.2 Å². The normalized spacial score (nSPS) is 10.8. The highest BCUT2D eigenvalue weighted by Crippen LogP contribution is 2.24. The van der Waals surface area contributed by atoms with Crippen molar-refractivity contribution in [3.05, 3.63) is 36.2 Å². The van der Waals surface area contributed by atoms with Gasteiger partial charge in [-0.3, -0.25) is 10.1 Å². The van der Waals surface area contributed by atoms with Crippen LogP contribution >= 0.6 is 0 Å². The number of nitrogens with zero attached hydrogens (tertiary/aromatic N) is 2. The molecule has 0 amide bonds. The number of nitrogens with one attached hydrogen (secondary N) is 1. The molecule has 0 unspecified atom stereocenters. The second-order valence-electron chi connectivity index (χ2n) is 3.57. The molecule has 0 aliphatic carbocycles. The first kappa shape index (κ1) is 8.94. The van der Waals surface area contributed by atoms with E-state index in [0.717, 1.165) is 11.4 Å². The van der Waals surface area contributed by atoms with Crippen molar-refractivity contribution in [1.82, 2.24) is 15.2 Å². The molecule has 3 heteroatoms. The smallest absolute Gasteiger partial charge is 0.0883 e. The summed E-state index contributed by atoms with van der Waals surface area (Å²) < 4.78 is 0. The zero-order valence-electron chi connectivity index (χ0n) is 8.36. The summed E-state index contributed by atoms with van der Waals surface area (Å²) in [6.45, 7) is 4.30. The van der Waals surface area contributed by atoms with Crippen LogP contribution in [0.1, 0.15) is 25.3 Å². The Kier molecular flexibility index (Phi) is 2.31. The Morgan fingerprint density at radius 2 is 2.14 bits per heavy atom. The molecule has 0 saturated heterocycles. The van der Waals surface area contributed by atoms with Crippen molar-refractivity contribution in [3.63, 3.8) is 0 Å². The molecule has 0 aliphatic heterocycles. The third-order valence-electron chi connectivity index (χ3n) is 2.21. The lowest BCUT2D eigenvalue weighted by molar-refractivity contribution is 0.869. The van der Waals surface area contributed by atoms with Crippen molar-refractivity contribution in [2.24, 2.45) is 0 Å². The van der Waals surface area contributed by atoms with Crippen LogP contribution in [0.5, 0.6) is 0 Å². The van der Waals surface area contributed by atoms with Gasteiger partial charge in [0, 0.05) is 11.8 Å². The highest BCUT2D eigenvalue weighted by atomic mass is 15.1. The Morgan fingerprint density at radius 1 is 1.29 bits per heavy atom. The molecule has 0 atom stereocenters. The fourth-order valence-corrected chi connectivity index (χ4v) is 1.45. The number of aromatic amines is 1. The largest absolute Gasteiger partial charge is 0.276 e. The minimum Gasteiger partial charge on any atom is -0.276 e. The van der Waals surface area contributed by atoms with Crippen molar-refractivity contribution < 1.29 is 0 Å². The van der Waals surface area contributed by atoms with Gasteiger partial charge in [0.15, 0.2) is 0 Å². The average molecular weight is 187 g/mol. The van der Waals surface area contributed by atoms with E-state index in [1.807, 2.05) is 24.4 Å². The third kappa shape index (κ3) is 1.53. The van der Waals surface area contributed by atoms with Gasteiger partial charge < -0.3 is 0 Å². The summed E-state index contributed by atoms with van der Waals surface area (Å²) in [7, 11) is 0. The second-order valence-corrected chi connectivity index (χ2v) is 3.57. The maximum atomic E-state index is 4.29. The predicted octanol–water partition coefficient (Wildman–Crippen LogP) is 2.60. The Bertz CT molecular complexity index is 403. The minimum atomic E-state index is 0.464. The summed E-state index contributed by atoms with van der Waals surface area (Å²) in [5.74, 6) is 0.464. The molecule has 2 heterocycles. The van der Waals surface area contributed by atoms with Crippen LogP contribution in [0.4, 0.5) is 0 Å². The maximum absolute atomic E-state index is 4.29. The zero-order chi connectivity index (χ0) is 9.97. The van der Waals surface area contributed by atoms with Gasteiger partial charge in [-0.2, -0.15) is 5.10 Å². The molecule has 0 spiro atoms. The van der Waals surface area contributed by atoms with Crippen molar-refractivity contribution in [3.8, 4) is 11.4 Å². The molecule has 14 heavy (non-hydrogen) atoms. The molecular formula is C11H13N3. The zero-order valence-corrected chi connectivity index (χ0v) is 8.36. The number of rotatable bonds is 2. The van der Waals surface area contributed by atoms with Gasteiger partial charge in [0.05, 0.1) is 17.6 Å².